The van der Waals surface area contributed by atoms with E-state index < -0.39 is 10.8 Å². The van der Waals surface area contributed by atoms with Crippen LogP contribution in [0.2, 0.25) is 0 Å². The Hall–Kier alpha value is -8.40. The number of benzene rings is 10. The number of unbranched alkanes of at least 4 members (excludes halogenated alkanes) is 28. The van der Waals surface area contributed by atoms with Crippen molar-refractivity contribution in [1.82, 2.24) is 0 Å². The summed E-state index contributed by atoms with van der Waals surface area (Å²) >= 11 is 0. The third kappa shape index (κ3) is 23.4. The monoisotopic (exact) mass is 1620 g/mol. The zero-order valence-electron chi connectivity index (χ0n) is 77.4. The number of phenols is 3. The Bertz CT molecular complexity index is 4450. The molecule has 646 valence electrons. The van der Waals surface area contributed by atoms with Crippen LogP contribution in [0.4, 0.5) is 0 Å². The SMILES string of the molecule is CCCCCCCCC1(CCCCCCCC)c2cc(C)ccc2-c2ccc(O)cc21.CCCCCCc1cc(CCCCCC)cc(C2(c3cc(CCCCCC)cc(CCCCCC)c3)c3cc(C)ccc3-c3ccc(O)cc32)c1.CCCCCCc1ccc(C2(c3ccc(CCCCCC)cc3)c3cc(C)ccc3-c3ccc(O)cc32)cc1. The molecule has 121 heavy (non-hydrogen) atoms. The highest BCUT2D eigenvalue weighted by atomic mass is 16.3. The highest BCUT2D eigenvalue weighted by Gasteiger charge is 2.49. The van der Waals surface area contributed by atoms with Crippen molar-refractivity contribution in [2.24, 2.45) is 0 Å². The molecular weight excluding hydrogens is 1470 g/mol. The standard InChI is InChI=1S/C50H68O.C38H44O.C30H44O/c1-6-10-14-18-22-39-31-40(23-19-15-11-7-2)34-43(33-39)50(48-30-38(5)26-28-46(48)47-29-27-45(51)37-49(47)50)44-35-41(24-20-16-12-8-3)32-42(36-44)25-21-17-13-9-4;1-4-6-8-10-12-29-15-19-31(20-16-29)38(32-21-17-30(18-22-32)13-11-9-7-5-2)36-26-28(3)14-24-34(36)35-25-23-33(39)27-37(35)38;1-4-6-8-10-12-14-20-30(21-15-13-11-9-7-5-2)28-22-24(3)16-18-26(28)27-19-17-25(31)23-29(27)30/h26-37,51H,6-25H2,1-5H3;14-27,39H,4-13H2,1-3H3;16-19,22-23,31H,4-15,20-21H2,1-3H3. The van der Waals surface area contributed by atoms with Crippen molar-refractivity contribution in [2.75, 3.05) is 0 Å². The van der Waals surface area contributed by atoms with Crippen LogP contribution in [0, 0.1) is 20.8 Å². The second-order valence-electron chi connectivity index (χ2n) is 37.3. The molecule has 0 radical (unpaired) electrons. The lowest BCUT2D eigenvalue weighted by molar-refractivity contribution is 0.395. The molecule has 10 aromatic rings. The molecule has 0 aromatic heterocycles. The third-order valence-electron chi connectivity index (χ3n) is 27.6. The molecule has 0 atom stereocenters. The molecule has 10 aromatic carbocycles. The molecule has 0 aliphatic heterocycles. The van der Waals surface area contributed by atoms with E-state index in [1.165, 1.54) is 383 Å². The van der Waals surface area contributed by atoms with Gasteiger partial charge in [0.1, 0.15) is 17.2 Å². The van der Waals surface area contributed by atoms with Gasteiger partial charge in [-0.3, -0.25) is 0 Å². The van der Waals surface area contributed by atoms with Gasteiger partial charge in [-0.05, 0) is 269 Å². The number of hydrogen-bond acceptors (Lipinski definition) is 3. The molecule has 0 spiro atoms. The van der Waals surface area contributed by atoms with Crippen molar-refractivity contribution >= 4 is 0 Å². The fraction of sp³-hybridized carbons (Fsp3) is 0.492. The summed E-state index contributed by atoms with van der Waals surface area (Å²) in [5.41, 5.74) is 32.9. The molecular formula is C118H156O3. The molecule has 0 bridgehead atoms. The first-order valence-electron chi connectivity index (χ1n) is 49.4. The maximum atomic E-state index is 11.2. The van der Waals surface area contributed by atoms with Crippen LogP contribution in [0.5, 0.6) is 17.2 Å². The van der Waals surface area contributed by atoms with Gasteiger partial charge in [-0.15, -0.1) is 0 Å². The second-order valence-corrected chi connectivity index (χ2v) is 37.3. The first-order chi connectivity index (χ1) is 59.1. The summed E-state index contributed by atoms with van der Waals surface area (Å²) in [4.78, 5) is 0. The summed E-state index contributed by atoms with van der Waals surface area (Å²) in [5, 5.41) is 32.4. The predicted molar refractivity (Wildman–Crippen MR) is 522 cm³/mol. The van der Waals surface area contributed by atoms with Crippen molar-refractivity contribution in [1.29, 1.82) is 0 Å². The Kier molecular flexibility index (Phi) is 36.6. The van der Waals surface area contributed by atoms with Crippen molar-refractivity contribution in [2.45, 2.75) is 375 Å². The minimum absolute atomic E-state index is 0.0743. The Morgan fingerprint density at radius 1 is 0.190 bits per heavy atom. The zero-order valence-corrected chi connectivity index (χ0v) is 77.4. The van der Waals surface area contributed by atoms with Crippen LogP contribution in [-0.4, -0.2) is 15.3 Å². The van der Waals surface area contributed by atoms with Crippen LogP contribution >= 0.6 is 0 Å². The van der Waals surface area contributed by atoms with Crippen molar-refractivity contribution in [3.05, 3.63) is 300 Å². The zero-order chi connectivity index (χ0) is 85.4. The first kappa shape index (κ1) is 93.3. The molecule has 3 aliphatic rings. The van der Waals surface area contributed by atoms with E-state index in [9.17, 15) is 15.3 Å². The van der Waals surface area contributed by atoms with Gasteiger partial charge in [-0.2, -0.15) is 0 Å². The molecule has 3 aliphatic carbocycles. The molecule has 0 amide bonds. The molecule has 0 saturated heterocycles. The van der Waals surface area contributed by atoms with Crippen LogP contribution in [-0.2, 0) is 54.8 Å². The van der Waals surface area contributed by atoms with Gasteiger partial charge in [0, 0.05) is 5.41 Å². The lowest BCUT2D eigenvalue weighted by Crippen LogP contribution is -2.29. The number of aryl methyl sites for hydroxylation is 9. The first-order valence-corrected chi connectivity index (χ1v) is 49.4. The number of phenolic OH excluding ortho intramolecular Hbond substituents is 3. The maximum absolute atomic E-state index is 11.2. The van der Waals surface area contributed by atoms with Gasteiger partial charge >= 0.3 is 0 Å². The smallest absolute Gasteiger partial charge is 0.115 e. The van der Waals surface area contributed by atoms with Gasteiger partial charge in [0.05, 0.1) is 10.8 Å². The second kappa shape index (κ2) is 47.5. The van der Waals surface area contributed by atoms with E-state index in [4.69, 9.17) is 0 Å². The average Bonchev–Trinajstić information content (AvgIpc) is 1.55. The minimum atomic E-state index is -0.495. The maximum Gasteiger partial charge on any atom is 0.115 e. The predicted octanol–water partition coefficient (Wildman–Crippen LogP) is 34.3. The van der Waals surface area contributed by atoms with E-state index in [1.807, 2.05) is 24.3 Å². The normalized spacial score (nSPS) is 13.3. The molecule has 0 unspecified atom stereocenters. The Morgan fingerprint density at radius 2 is 0.413 bits per heavy atom. The summed E-state index contributed by atoms with van der Waals surface area (Å²) in [6.45, 7) is 25.0. The molecule has 3 heteroatoms. The van der Waals surface area contributed by atoms with Gasteiger partial charge in [0.25, 0.3) is 0 Å². The largest absolute Gasteiger partial charge is 0.508 e. The van der Waals surface area contributed by atoms with Crippen LogP contribution < -0.4 is 0 Å². The number of rotatable bonds is 48. The third-order valence-corrected chi connectivity index (χ3v) is 27.6. The summed E-state index contributed by atoms with van der Waals surface area (Å²) in [6, 6.07) is 73.3. The van der Waals surface area contributed by atoms with Crippen molar-refractivity contribution in [3.63, 3.8) is 0 Å². The van der Waals surface area contributed by atoms with Crippen molar-refractivity contribution < 1.29 is 15.3 Å². The van der Waals surface area contributed by atoms with E-state index >= 15 is 0 Å². The Morgan fingerprint density at radius 3 is 0.719 bits per heavy atom. The fourth-order valence-corrected chi connectivity index (χ4v) is 21.0. The van der Waals surface area contributed by atoms with Crippen LogP contribution in [0.1, 0.15) is 405 Å². The van der Waals surface area contributed by atoms with Gasteiger partial charge in [0.2, 0.25) is 0 Å². The number of fused-ring (bicyclic) bond motifs is 9. The minimum Gasteiger partial charge on any atom is -0.508 e. The van der Waals surface area contributed by atoms with E-state index in [0.29, 0.717) is 17.2 Å². The van der Waals surface area contributed by atoms with E-state index in [0.717, 1.165) is 38.5 Å². The van der Waals surface area contributed by atoms with Gasteiger partial charge in [-0.25, -0.2) is 0 Å². The van der Waals surface area contributed by atoms with Crippen molar-refractivity contribution in [3.8, 4) is 50.6 Å². The number of aromatic hydroxyl groups is 3. The lowest BCUT2D eigenvalue weighted by atomic mass is 9.66. The summed E-state index contributed by atoms with van der Waals surface area (Å²) in [5.74, 6) is 1.09. The van der Waals surface area contributed by atoms with Crippen LogP contribution in [0.15, 0.2) is 194 Å². The number of hydrogen-bond donors (Lipinski definition) is 3. The Labute approximate surface area is 735 Å². The summed E-state index contributed by atoms with van der Waals surface area (Å²) in [6.07, 6.45) is 55.8. The lowest BCUT2D eigenvalue weighted by Gasteiger charge is -2.35. The topological polar surface area (TPSA) is 60.7 Å². The van der Waals surface area contributed by atoms with Crippen LogP contribution in [0.25, 0.3) is 33.4 Å². The summed E-state index contributed by atoms with van der Waals surface area (Å²) in [7, 11) is 0. The average molecular weight is 1620 g/mol. The van der Waals surface area contributed by atoms with Gasteiger partial charge < -0.3 is 15.3 Å². The van der Waals surface area contributed by atoms with E-state index in [1.54, 1.807) is 0 Å². The Balaban J connectivity index is 0.000000183. The van der Waals surface area contributed by atoms with Gasteiger partial charge in [0.15, 0.2) is 0 Å². The highest BCUT2D eigenvalue weighted by molar-refractivity contribution is 5.89. The molecule has 13 rings (SSSR count). The highest BCUT2D eigenvalue weighted by Crippen LogP contribution is 2.60. The molecule has 0 heterocycles. The molecule has 3 nitrogen and oxygen atoms in total. The molecule has 0 saturated carbocycles. The fourth-order valence-electron chi connectivity index (χ4n) is 21.0. The summed E-state index contributed by atoms with van der Waals surface area (Å²) < 4.78 is 0. The quantitative estimate of drug-likeness (QED) is 0.0333. The molecule has 0 fully saturated rings. The van der Waals surface area contributed by atoms with E-state index in [2.05, 4.69) is 246 Å². The van der Waals surface area contributed by atoms with E-state index in [-0.39, 0.29) is 5.41 Å². The van der Waals surface area contributed by atoms with Gasteiger partial charge in [-0.1, -0.05) is 422 Å². The molecule has 3 N–H and O–H groups in total. The van der Waals surface area contributed by atoms with Crippen LogP contribution in [0.3, 0.4) is 0 Å².